The third-order valence-corrected chi connectivity index (χ3v) is 6.61. The van der Waals surface area contributed by atoms with Crippen molar-refractivity contribution in [1.82, 2.24) is 20.5 Å². The molecule has 32 heavy (non-hydrogen) atoms. The molecule has 0 saturated carbocycles. The van der Waals surface area contributed by atoms with Gasteiger partial charge in [-0.2, -0.15) is 0 Å². The molecule has 1 fully saturated rings. The molecule has 2 N–H and O–H groups in total. The molecule has 2 unspecified atom stereocenters. The van der Waals surface area contributed by atoms with Gasteiger partial charge in [-0.05, 0) is 54.8 Å². The predicted molar refractivity (Wildman–Crippen MR) is 125 cm³/mol. The Labute approximate surface area is 196 Å². The van der Waals surface area contributed by atoms with Crippen molar-refractivity contribution >= 4 is 29.3 Å². The van der Waals surface area contributed by atoms with Crippen molar-refractivity contribution in [3.63, 3.8) is 0 Å². The summed E-state index contributed by atoms with van der Waals surface area (Å²) in [5.41, 5.74) is 1.89. The molecule has 1 aliphatic heterocycles. The summed E-state index contributed by atoms with van der Waals surface area (Å²) in [4.78, 5) is 17.3. The number of halogens is 1. The number of H-pyrrole nitrogens is 1. The topological polar surface area (TPSA) is 89.1 Å². The number of benzene rings is 2. The number of hydrogen-bond donors (Lipinski definition) is 2. The maximum Gasteiger partial charge on any atom is 0.221 e. The van der Waals surface area contributed by atoms with Gasteiger partial charge in [0.15, 0.2) is 5.82 Å². The van der Waals surface area contributed by atoms with Gasteiger partial charge in [0.25, 0.3) is 0 Å². The highest BCUT2D eigenvalue weighted by Gasteiger charge is 2.22. The zero-order chi connectivity index (χ0) is 22.3. The van der Waals surface area contributed by atoms with Crippen LogP contribution in [0.5, 0.6) is 5.75 Å². The Morgan fingerprint density at radius 3 is 2.75 bits per heavy atom. The summed E-state index contributed by atoms with van der Waals surface area (Å²) in [6.45, 7) is 1.31. The second-order valence-electron chi connectivity index (χ2n) is 7.50. The lowest BCUT2D eigenvalue weighted by atomic mass is 10.1. The maximum atomic E-state index is 12.7. The lowest BCUT2D eigenvalue weighted by Gasteiger charge is -2.17. The molecule has 1 aliphatic rings. The van der Waals surface area contributed by atoms with Gasteiger partial charge >= 0.3 is 0 Å². The van der Waals surface area contributed by atoms with Crippen molar-refractivity contribution in [3.05, 3.63) is 59.1 Å². The first-order valence-electron chi connectivity index (χ1n) is 10.5. The number of ether oxygens (including phenoxy) is 2. The molecule has 2 heterocycles. The number of methoxy groups -OCH3 is 1. The number of nitrogens with one attached hydrogen (secondary N) is 2. The number of carbonyl (C=O) groups is 1. The van der Waals surface area contributed by atoms with Crippen LogP contribution < -0.4 is 10.1 Å². The molecular formula is C23H25ClN4O3S. The van der Waals surface area contributed by atoms with Crippen LogP contribution in [0.25, 0.3) is 11.4 Å². The van der Waals surface area contributed by atoms with Crippen LogP contribution in [0.3, 0.4) is 0 Å². The first-order valence-corrected chi connectivity index (χ1v) is 11.7. The highest BCUT2D eigenvalue weighted by molar-refractivity contribution is 7.99. The monoisotopic (exact) mass is 472 g/mol. The van der Waals surface area contributed by atoms with Crippen LogP contribution in [-0.2, 0) is 9.53 Å². The van der Waals surface area contributed by atoms with Crippen molar-refractivity contribution in [1.29, 1.82) is 0 Å². The van der Waals surface area contributed by atoms with Crippen molar-refractivity contribution < 1.29 is 14.3 Å². The van der Waals surface area contributed by atoms with E-state index in [-0.39, 0.29) is 17.3 Å². The summed E-state index contributed by atoms with van der Waals surface area (Å²) in [5.74, 6) is 1.39. The van der Waals surface area contributed by atoms with Gasteiger partial charge in [-0.15, -0.1) is 5.10 Å². The van der Waals surface area contributed by atoms with Crippen LogP contribution >= 0.6 is 23.4 Å². The summed E-state index contributed by atoms with van der Waals surface area (Å²) in [6.07, 6.45) is 2.45. The molecule has 4 rings (SSSR count). The van der Waals surface area contributed by atoms with Gasteiger partial charge in [-0.25, -0.2) is 4.98 Å². The zero-order valence-corrected chi connectivity index (χ0v) is 19.3. The summed E-state index contributed by atoms with van der Waals surface area (Å²) in [7, 11) is 1.63. The van der Waals surface area contributed by atoms with E-state index in [2.05, 4.69) is 20.5 Å². The second kappa shape index (κ2) is 10.8. The minimum absolute atomic E-state index is 0.0257. The third-order valence-electron chi connectivity index (χ3n) is 5.24. The van der Waals surface area contributed by atoms with Gasteiger partial charge in [0.2, 0.25) is 11.1 Å². The number of thioether (sulfide) groups is 1. The number of amides is 1. The minimum Gasteiger partial charge on any atom is -0.497 e. The molecule has 1 amide bonds. The molecule has 0 spiro atoms. The van der Waals surface area contributed by atoms with Crippen LogP contribution in [0.15, 0.2) is 53.7 Å². The highest BCUT2D eigenvalue weighted by atomic mass is 35.5. The van der Waals surface area contributed by atoms with Crippen molar-refractivity contribution in [2.45, 2.75) is 35.8 Å². The van der Waals surface area contributed by atoms with Crippen LogP contribution in [0.1, 0.15) is 30.1 Å². The fourth-order valence-corrected chi connectivity index (χ4v) is 4.63. The van der Waals surface area contributed by atoms with E-state index < -0.39 is 0 Å². The molecular weight excluding hydrogens is 448 g/mol. The molecule has 1 saturated heterocycles. The van der Waals surface area contributed by atoms with E-state index >= 15 is 0 Å². The van der Waals surface area contributed by atoms with Crippen molar-refractivity contribution in [3.8, 4) is 17.1 Å². The minimum atomic E-state index is -0.153. The zero-order valence-electron chi connectivity index (χ0n) is 17.7. The van der Waals surface area contributed by atoms with Gasteiger partial charge in [-0.1, -0.05) is 35.5 Å². The van der Waals surface area contributed by atoms with Crippen LogP contribution in [-0.4, -0.2) is 47.5 Å². The molecule has 168 valence electrons. The van der Waals surface area contributed by atoms with Crippen LogP contribution in [0, 0.1) is 0 Å². The van der Waals surface area contributed by atoms with Gasteiger partial charge < -0.3 is 14.8 Å². The summed E-state index contributed by atoms with van der Waals surface area (Å²) < 4.78 is 10.9. The fourth-order valence-electron chi connectivity index (χ4n) is 3.48. The highest BCUT2D eigenvalue weighted by Crippen LogP contribution is 2.37. The van der Waals surface area contributed by atoms with E-state index in [9.17, 15) is 4.79 Å². The molecule has 2 atom stereocenters. The third kappa shape index (κ3) is 6.03. The van der Waals surface area contributed by atoms with Crippen LogP contribution in [0.2, 0.25) is 5.02 Å². The Bertz CT molecular complexity index is 1020. The normalized spacial score (nSPS) is 16.6. The molecule has 2 aromatic carbocycles. The number of hydrogen-bond acceptors (Lipinski definition) is 6. The number of carbonyl (C=O) groups excluding carboxylic acids is 1. The SMILES string of the molecule is COc1ccc(C(CC(=O)NCC2CCCO2)Sc2n[nH]c(-c3ccc(Cl)cc3)n2)cc1. The van der Waals surface area contributed by atoms with Gasteiger partial charge in [0, 0.05) is 35.4 Å². The Morgan fingerprint density at radius 1 is 1.28 bits per heavy atom. The average Bonchev–Trinajstić information content (AvgIpc) is 3.50. The van der Waals surface area contributed by atoms with E-state index in [0.29, 0.717) is 29.0 Å². The van der Waals surface area contributed by atoms with Crippen molar-refractivity contribution in [2.75, 3.05) is 20.3 Å². The molecule has 1 aromatic heterocycles. The molecule has 9 heteroatoms. The van der Waals surface area contributed by atoms with E-state index in [0.717, 1.165) is 36.3 Å². The fraction of sp³-hybridized carbons (Fsp3) is 0.348. The van der Waals surface area contributed by atoms with Gasteiger partial charge in [0.05, 0.1) is 13.2 Å². The average molecular weight is 473 g/mol. The Hall–Kier alpha value is -2.55. The Balaban J connectivity index is 1.46. The first-order chi connectivity index (χ1) is 15.6. The largest absolute Gasteiger partial charge is 0.497 e. The van der Waals surface area contributed by atoms with E-state index in [1.54, 1.807) is 7.11 Å². The molecule has 0 aliphatic carbocycles. The lowest BCUT2D eigenvalue weighted by Crippen LogP contribution is -2.32. The smallest absolute Gasteiger partial charge is 0.221 e. The van der Waals surface area contributed by atoms with Crippen molar-refractivity contribution in [2.24, 2.45) is 0 Å². The summed E-state index contributed by atoms with van der Waals surface area (Å²) in [5, 5.41) is 11.4. The summed E-state index contributed by atoms with van der Waals surface area (Å²) in [6, 6.07) is 15.1. The van der Waals surface area contributed by atoms with E-state index in [1.165, 1.54) is 11.8 Å². The molecule has 0 bridgehead atoms. The number of rotatable bonds is 9. The molecule has 3 aromatic rings. The quantitative estimate of drug-likeness (QED) is 0.440. The Morgan fingerprint density at radius 2 is 2.06 bits per heavy atom. The second-order valence-corrected chi connectivity index (χ2v) is 9.10. The number of aromatic nitrogens is 3. The predicted octanol–water partition coefficient (Wildman–Crippen LogP) is 4.65. The maximum absolute atomic E-state index is 12.7. The summed E-state index contributed by atoms with van der Waals surface area (Å²) >= 11 is 7.42. The molecule has 0 radical (unpaired) electrons. The van der Waals surface area contributed by atoms with E-state index in [1.807, 2.05) is 48.5 Å². The number of aromatic amines is 1. The standard InChI is InChI=1S/C23H25ClN4O3S/c1-30-18-10-6-15(7-11-18)20(13-21(29)25-14-19-3-2-12-31-19)32-23-26-22(27-28-23)16-4-8-17(24)9-5-16/h4-11,19-20H,2-3,12-14H2,1H3,(H,25,29)(H,26,27,28). The van der Waals surface area contributed by atoms with E-state index in [4.69, 9.17) is 21.1 Å². The Kier molecular flexibility index (Phi) is 7.68. The van der Waals surface area contributed by atoms with Gasteiger partial charge in [-0.3, -0.25) is 9.89 Å². The van der Waals surface area contributed by atoms with Crippen LogP contribution in [0.4, 0.5) is 0 Å². The van der Waals surface area contributed by atoms with Gasteiger partial charge in [0.1, 0.15) is 5.75 Å². The first kappa shape index (κ1) is 22.6. The lowest BCUT2D eigenvalue weighted by molar-refractivity contribution is -0.121. The number of nitrogens with zero attached hydrogens (tertiary/aromatic N) is 2. The molecule has 7 nitrogen and oxygen atoms in total.